The molecule has 0 saturated heterocycles. The third kappa shape index (κ3) is 9.43. The second-order valence-electron chi connectivity index (χ2n) is 12.7. The lowest BCUT2D eigenvalue weighted by molar-refractivity contribution is -0.142. The van der Waals surface area contributed by atoms with Crippen LogP contribution < -0.4 is 10.1 Å². The lowest BCUT2D eigenvalue weighted by Gasteiger charge is -2.27. The van der Waals surface area contributed by atoms with Crippen LogP contribution in [0.1, 0.15) is 87.4 Å². The number of aliphatic hydroxyl groups excluding tert-OH is 1. The molecule has 2 amide bonds. The highest BCUT2D eigenvalue weighted by atomic mass is 16.6. The van der Waals surface area contributed by atoms with E-state index < -0.39 is 35.7 Å². The number of aryl methyl sites for hydroxylation is 1. The van der Waals surface area contributed by atoms with Crippen LogP contribution in [0, 0.1) is 12.8 Å². The fraction of sp³-hybridized carbons (Fsp3) is 0.529. The molecule has 3 aromatic rings. The molecule has 3 N–H and O–H groups in total. The summed E-state index contributed by atoms with van der Waals surface area (Å²) in [5, 5.41) is 23.6. The maximum atomic E-state index is 13.2. The van der Waals surface area contributed by atoms with E-state index in [9.17, 15) is 24.6 Å². The number of amides is 2. The Hall–Kier alpha value is -4.12. The Labute approximate surface area is 263 Å². The van der Waals surface area contributed by atoms with Crippen molar-refractivity contribution in [3.63, 3.8) is 0 Å². The number of nitrogens with one attached hydrogen (secondary N) is 1. The Kier molecular flexibility index (Phi) is 11.4. The molecular formula is C34H45N3O8. The summed E-state index contributed by atoms with van der Waals surface area (Å²) in [5.74, 6) is -1.31. The van der Waals surface area contributed by atoms with Crippen molar-refractivity contribution < 1.29 is 38.5 Å². The molecule has 2 atom stereocenters. The van der Waals surface area contributed by atoms with E-state index in [0.717, 1.165) is 37.7 Å². The smallest absolute Gasteiger partial charge is 0.410 e. The lowest BCUT2D eigenvalue weighted by atomic mass is 9.84. The van der Waals surface area contributed by atoms with Gasteiger partial charge in [-0.15, -0.1) is 0 Å². The number of pyridine rings is 1. The van der Waals surface area contributed by atoms with Crippen molar-refractivity contribution >= 4 is 28.9 Å². The number of carboxylic acid groups (broad SMARTS) is 1. The van der Waals surface area contributed by atoms with Crippen molar-refractivity contribution in [3.8, 4) is 5.75 Å². The van der Waals surface area contributed by atoms with Crippen molar-refractivity contribution in [1.29, 1.82) is 0 Å². The molecule has 0 bridgehead atoms. The highest BCUT2D eigenvalue weighted by Crippen LogP contribution is 2.34. The molecule has 1 aliphatic carbocycles. The predicted molar refractivity (Wildman–Crippen MR) is 168 cm³/mol. The number of aliphatic carboxylic acids is 1. The highest BCUT2D eigenvalue weighted by molar-refractivity contribution is 6.02. The number of benzene rings is 1. The minimum absolute atomic E-state index is 0.0373. The van der Waals surface area contributed by atoms with Crippen LogP contribution in [-0.4, -0.2) is 69.0 Å². The Bertz CT molecular complexity index is 1440. The van der Waals surface area contributed by atoms with E-state index in [4.69, 9.17) is 13.9 Å². The molecule has 0 spiro atoms. The van der Waals surface area contributed by atoms with Crippen LogP contribution in [0.25, 0.3) is 11.0 Å². The van der Waals surface area contributed by atoms with E-state index in [1.807, 2.05) is 32.9 Å². The molecule has 244 valence electrons. The minimum atomic E-state index is -1.46. The number of carbonyl (C=O) groups is 3. The van der Waals surface area contributed by atoms with Gasteiger partial charge < -0.3 is 34.3 Å². The van der Waals surface area contributed by atoms with E-state index in [-0.39, 0.29) is 18.3 Å². The van der Waals surface area contributed by atoms with E-state index in [1.54, 1.807) is 42.4 Å². The average Bonchev–Trinajstić information content (AvgIpc) is 3.34. The topological polar surface area (TPSA) is 151 Å². The number of fused-ring (bicyclic) bond motifs is 1. The van der Waals surface area contributed by atoms with Gasteiger partial charge in [0, 0.05) is 24.5 Å². The summed E-state index contributed by atoms with van der Waals surface area (Å²) in [5.41, 5.74) is 1.14. The van der Waals surface area contributed by atoms with Crippen molar-refractivity contribution in [2.75, 3.05) is 13.2 Å². The first-order valence-corrected chi connectivity index (χ1v) is 15.7. The third-order valence-electron chi connectivity index (χ3n) is 7.94. The third-order valence-corrected chi connectivity index (χ3v) is 7.94. The first-order valence-electron chi connectivity index (χ1n) is 15.7. The number of carboxylic acids is 1. The summed E-state index contributed by atoms with van der Waals surface area (Å²) in [6.07, 6.45) is 7.75. The van der Waals surface area contributed by atoms with Gasteiger partial charge in [-0.3, -0.25) is 9.78 Å². The second-order valence-corrected chi connectivity index (χ2v) is 12.7. The summed E-state index contributed by atoms with van der Waals surface area (Å²) in [4.78, 5) is 43.9. The Morgan fingerprint density at radius 2 is 1.89 bits per heavy atom. The van der Waals surface area contributed by atoms with Gasteiger partial charge in [0.05, 0.1) is 24.6 Å². The van der Waals surface area contributed by atoms with Crippen molar-refractivity contribution in [3.05, 3.63) is 59.6 Å². The van der Waals surface area contributed by atoms with Crippen LogP contribution in [-0.2, 0) is 16.1 Å². The summed E-state index contributed by atoms with van der Waals surface area (Å²) in [7, 11) is 0. The minimum Gasteiger partial charge on any atom is -0.493 e. The zero-order chi connectivity index (χ0) is 32.6. The molecule has 2 unspecified atom stereocenters. The standard InChI is InChI=1S/C34H45N3O8/c1-22-28-26(43-18-10-17-37(33(42)45-34(2,3)4)21-24-13-9-16-35-20-24)14-8-15-27(28)44-30(22)31(39)36-29(32(40)41)25(38)19-23-11-6-5-7-12-23/h8-9,13-16,20,23,25,29,38H,5-7,10-12,17-19,21H2,1-4H3,(H,36,39)(H,40,41). The van der Waals surface area contributed by atoms with Gasteiger partial charge in [-0.25, -0.2) is 9.59 Å². The first kappa shape index (κ1) is 33.8. The van der Waals surface area contributed by atoms with Gasteiger partial charge in [-0.2, -0.15) is 0 Å². The SMILES string of the molecule is Cc1c(C(=O)NC(C(=O)O)C(O)CC2CCCCC2)oc2cccc(OCCCN(Cc3cccnc3)C(=O)OC(C)(C)C)c12. The summed E-state index contributed by atoms with van der Waals surface area (Å²) < 4.78 is 17.6. The number of aromatic nitrogens is 1. The normalized spacial score (nSPS) is 15.3. The molecule has 2 heterocycles. The Morgan fingerprint density at radius 1 is 1.13 bits per heavy atom. The number of aliphatic hydroxyl groups is 1. The maximum absolute atomic E-state index is 13.2. The fourth-order valence-electron chi connectivity index (χ4n) is 5.74. The molecule has 0 aliphatic heterocycles. The van der Waals surface area contributed by atoms with Crippen molar-refractivity contribution in [2.45, 2.75) is 96.9 Å². The van der Waals surface area contributed by atoms with Crippen LogP contribution in [0.5, 0.6) is 5.75 Å². The molecule has 4 rings (SSSR count). The Balaban J connectivity index is 1.41. The monoisotopic (exact) mass is 623 g/mol. The van der Waals surface area contributed by atoms with Gasteiger partial charge in [0.1, 0.15) is 16.9 Å². The largest absolute Gasteiger partial charge is 0.493 e. The van der Waals surface area contributed by atoms with E-state index >= 15 is 0 Å². The molecule has 1 aromatic carbocycles. The number of carbonyl (C=O) groups excluding carboxylic acids is 2. The number of hydrogen-bond donors (Lipinski definition) is 3. The molecule has 45 heavy (non-hydrogen) atoms. The molecule has 1 saturated carbocycles. The average molecular weight is 624 g/mol. The summed E-state index contributed by atoms with van der Waals surface area (Å²) in [6.45, 7) is 8.15. The maximum Gasteiger partial charge on any atom is 0.410 e. The molecule has 2 aromatic heterocycles. The zero-order valence-electron chi connectivity index (χ0n) is 26.6. The van der Waals surface area contributed by atoms with E-state index in [0.29, 0.717) is 48.2 Å². The number of nitrogens with zero attached hydrogens (tertiary/aromatic N) is 2. The highest BCUT2D eigenvalue weighted by Gasteiger charge is 2.33. The molecular weight excluding hydrogens is 578 g/mol. The molecule has 11 heteroatoms. The predicted octanol–water partition coefficient (Wildman–Crippen LogP) is 5.86. The number of hydrogen-bond acceptors (Lipinski definition) is 8. The van der Waals surface area contributed by atoms with Crippen molar-refractivity contribution in [1.82, 2.24) is 15.2 Å². The van der Waals surface area contributed by atoms with Gasteiger partial charge in [0.15, 0.2) is 11.8 Å². The molecule has 1 aliphatic rings. The summed E-state index contributed by atoms with van der Waals surface area (Å²) in [6, 6.07) is 7.47. The molecule has 0 radical (unpaired) electrons. The quantitative estimate of drug-likeness (QED) is 0.199. The van der Waals surface area contributed by atoms with Crippen LogP contribution in [0.2, 0.25) is 0 Å². The van der Waals surface area contributed by atoms with Gasteiger partial charge in [0.25, 0.3) is 5.91 Å². The zero-order valence-corrected chi connectivity index (χ0v) is 26.6. The number of furan rings is 1. The molecule has 11 nitrogen and oxygen atoms in total. The van der Waals surface area contributed by atoms with Gasteiger partial charge in [0.2, 0.25) is 0 Å². The molecule has 1 fully saturated rings. The van der Waals surface area contributed by atoms with Gasteiger partial charge in [-0.05, 0) is 70.2 Å². The van der Waals surface area contributed by atoms with Gasteiger partial charge >= 0.3 is 12.1 Å². The van der Waals surface area contributed by atoms with Gasteiger partial charge in [-0.1, -0.05) is 44.2 Å². The van der Waals surface area contributed by atoms with Crippen molar-refractivity contribution in [2.24, 2.45) is 5.92 Å². The van der Waals surface area contributed by atoms with Crippen LogP contribution in [0.3, 0.4) is 0 Å². The van der Waals surface area contributed by atoms with Crippen LogP contribution in [0.4, 0.5) is 4.79 Å². The Morgan fingerprint density at radius 3 is 2.56 bits per heavy atom. The number of ether oxygens (including phenoxy) is 2. The second kappa shape index (κ2) is 15.2. The summed E-state index contributed by atoms with van der Waals surface area (Å²) >= 11 is 0. The van der Waals surface area contributed by atoms with E-state index in [1.165, 1.54) is 0 Å². The van der Waals surface area contributed by atoms with Crippen LogP contribution >= 0.6 is 0 Å². The fourth-order valence-corrected chi connectivity index (χ4v) is 5.74. The van der Waals surface area contributed by atoms with E-state index in [2.05, 4.69) is 10.3 Å². The van der Waals surface area contributed by atoms with Crippen LogP contribution in [0.15, 0.2) is 47.1 Å². The number of rotatable bonds is 13. The lowest BCUT2D eigenvalue weighted by Crippen LogP contribution is -2.49. The first-order chi connectivity index (χ1) is 21.4.